The van der Waals surface area contributed by atoms with Crippen molar-refractivity contribution in [2.45, 2.75) is 118 Å². The van der Waals surface area contributed by atoms with Crippen LogP contribution in [-0.2, 0) is 22.5 Å². The lowest BCUT2D eigenvalue weighted by molar-refractivity contribution is -0.160. The molecule has 4 aliphatic rings. The number of aliphatic carboxylic acids is 1. The van der Waals surface area contributed by atoms with Crippen LogP contribution in [0.5, 0.6) is 0 Å². The highest BCUT2D eigenvalue weighted by Crippen LogP contribution is 2.49. The van der Waals surface area contributed by atoms with Crippen molar-refractivity contribution in [1.29, 1.82) is 0 Å². The average molecular weight is 681 g/mol. The number of fused-ring (bicyclic) bond motifs is 1. The van der Waals surface area contributed by atoms with E-state index in [0.29, 0.717) is 16.7 Å². The van der Waals surface area contributed by atoms with Crippen LogP contribution in [0.15, 0.2) is 30.5 Å². The number of ether oxygens (including phenoxy) is 1. The zero-order valence-electron chi connectivity index (χ0n) is 31.3. The summed E-state index contributed by atoms with van der Waals surface area (Å²) in [6.07, 6.45) is 10.5. The van der Waals surface area contributed by atoms with Crippen LogP contribution in [0.3, 0.4) is 0 Å². The van der Waals surface area contributed by atoms with Crippen LogP contribution in [0, 0.1) is 24.7 Å². The predicted molar refractivity (Wildman–Crippen MR) is 200 cm³/mol. The maximum absolute atomic E-state index is 12.9. The smallest absolute Gasteiger partial charge is 0.337 e. The van der Waals surface area contributed by atoms with Gasteiger partial charge < -0.3 is 24.5 Å². The van der Waals surface area contributed by atoms with Crippen molar-refractivity contribution in [3.8, 4) is 11.1 Å². The summed E-state index contributed by atoms with van der Waals surface area (Å²) in [6.45, 7) is 19.9. The van der Waals surface area contributed by atoms with Gasteiger partial charge in [0, 0.05) is 68.0 Å². The van der Waals surface area contributed by atoms with Gasteiger partial charge in [-0.3, -0.25) is 4.98 Å². The predicted octanol–water partition coefficient (Wildman–Crippen LogP) is 8.06. The quantitative estimate of drug-likeness (QED) is 0.266. The topological polar surface area (TPSA) is 94.9 Å². The molecule has 1 unspecified atom stereocenters. The molecule has 50 heavy (non-hydrogen) atoms. The molecule has 0 radical (unpaired) electrons. The molecule has 2 saturated heterocycles. The first kappa shape index (κ1) is 34.7. The fourth-order valence-corrected chi connectivity index (χ4v) is 8.69. The zero-order chi connectivity index (χ0) is 35.4. The van der Waals surface area contributed by atoms with Crippen molar-refractivity contribution in [1.82, 2.24) is 15.0 Å². The number of anilines is 3. The second kappa shape index (κ2) is 13.1. The lowest BCUT2D eigenvalue weighted by Crippen LogP contribution is -2.44. The first-order valence-corrected chi connectivity index (χ1v) is 18.8. The monoisotopic (exact) mass is 680 g/mol. The molecule has 2 aromatic heterocycles. The van der Waals surface area contributed by atoms with E-state index in [1.54, 1.807) is 0 Å². The van der Waals surface area contributed by atoms with Crippen LogP contribution in [-0.4, -0.2) is 64.4 Å². The minimum atomic E-state index is -1.13. The van der Waals surface area contributed by atoms with Crippen LogP contribution in [0.4, 0.5) is 17.5 Å². The molecule has 9 heteroatoms. The highest BCUT2D eigenvalue weighted by molar-refractivity contribution is 5.88. The Morgan fingerprint density at radius 3 is 2.20 bits per heavy atom. The molecule has 3 aromatic rings. The third-order valence-corrected chi connectivity index (χ3v) is 12.0. The fourth-order valence-electron chi connectivity index (χ4n) is 8.69. The van der Waals surface area contributed by atoms with Crippen LogP contribution < -0.4 is 14.7 Å². The molecule has 0 amide bonds. The Kier molecular flexibility index (Phi) is 9.11. The first-order valence-electron chi connectivity index (χ1n) is 18.8. The number of nitrogens with zero attached hydrogens (tertiary/aromatic N) is 6. The average Bonchev–Trinajstić information content (AvgIpc) is 3.06. The second-order valence-corrected chi connectivity index (χ2v) is 17.2. The summed E-state index contributed by atoms with van der Waals surface area (Å²) in [5.74, 6) is 0.864. The minimum Gasteiger partial charge on any atom is -0.479 e. The molecule has 3 fully saturated rings. The van der Waals surface area contributed by atoms with E-state index in [2.05, 4.69) is 59.7 Å². The summed E-state index contributed by atoms with van der Waals surface area (Å²) in [4.78, 5) is 34.9. The van der Waals surface area contributed by atoms with Gasteiger partial charge in [-0.2, -0.15) is 4.98 Å². The highest BCUT2D eigenvalue weighted by Gasteiger charge is 2.40. The molecule has 1 saturated carbocycles. The van der Waals surface area contributed by atoms with E-state index in [9.17, 15) is 9.90 Å². The number of hydrogen-bond donors (Lipinski definition) is 1. The SMILES string of the molecule is Cc1nc(C)c(C(OC(C)(C)C)C(=O)O)c(N2CCC(C)(C)CC2)c1-c1ccc2c(c1)CCN(c1nccc(N3CCC4(CCC4)CC3)n1)C2. The van der Waals surface area contributed by atoms with Crippen molar-refractivity contribution in [2.75, 3.05) is 47.4 Å². The normalized spacial score (nSPS) is 20.7. The van der Waals surface area contributed by atoms with Crippen molar-refractivity contribution in [2.24, 2.45) is 10.8 Å². The van der Waals surface area contributed by atoms with Gasteiger partial charge in [-0.1, -0.05) is 38.5 Å². The summed E-state index contributed by atoms with van der Waals surface area (Å²) in [6, 6.07) is 8.83. The van der Waals surface area contributed by atoms with Crippen molar-refractivity contribution in [3.05, 3.63) is 58.5 Å². The van der Waals surface area contributed by atoms with Gasteiger partial charge in [0.25, 0.3) is 0 Å². The highest BCUT2D eigenvalue weighted by atomic mass is 16.5. The lowest BCUT2D eigenvalue weighted by atomic mass is 9.63. The maximum atomic E-state index is 12.9. The standard InChI is InChI=1S/C41H56N6O3/c1-27-33(35(46-21-15-40(6,7)16-22-46)34(28(2)43-27)36(37(48)49)50-39(3,4)5)30-9-10-31-26-47(20-12-29(31)25-30)38-42-19-11-32(44-38)45-23-17-41(18-24-45)13-8-14-41/h9-11,19,25,36H,8,12-18,20-24,26H2,1-7H3,(H,48,49). The van der Waals surface area contributed by atoms with E-state index in [1.807, 2.05) is 33.9 Å². The molecular formula is C41H56N6O3. The molecule has 1 aliphatic carbocycles. The number of hydrogen-bond acceptors (Lipinski definition) is 8. The second-order valence-electron chi connectivity index (χ2n) is 17.2. The molecule has 1 aromatic carbocycles. The summed E-state index contributed by atoms with van der Waals surface area (Å²) in [7, 11) is 0. The number of carbonyl (C=O) groups is 1. The Balaban J connectivity index is 1.20. The molecule has 9 nitrogen and oxygen atoms in total. The Hall–Kier alpha value is -3.72. The van der Waals surface area contributed by atoms with E-state index in [1.165, 1.54) is 43.2 Å². The number of carboxylic acid groups (broad SMARTS) is 1. The molecule has 7 rings (SSSR count). The first-order chi connectivity index (χ1) is 23.7. The summed E-state index contributed by atoms with van der Waals surface area (Å²) >= 11 is 0. The Morgan fingerprint density at radius 1 is 0.860 bits per heavy atom. The molecule has 3 aliphatic heterocycles. The van der Waals surface area contributed by atoms with Crippen LogP contribution in [0.1, 0.15) is 114 Å². The number of aromatic nitrogens is 3. The number of carboxylic acids is 1. The number of benzene rings is 1. The maximum Gasteiger partial charge on any atom is 0.337 e. The van der Waals surface area contributed by atoms with E-state index in [-0.39, 0.29) is 5.41 Å². The Morgan fingerprint density at radius 2 is 1.56 bits per heavy atom. The number of pyridine rings is 1. The van der Waals surface area contributed by atoms with Gasteiger partial charge in [0.05, 0.1) is 11.3 Å². The van der Waals surface area contributed by atoms with Crippen LogP contribution in [0.2, 0.25) is 0 Å². The Bertz CT molecular complexity index is 1740. The van der Waals surface area contributed by atoms with Gasteiger partial charge in [0.1, 0.15) is 5.82 Å². The molecule has 268 valence electrons. The van der Waals surface area contributed by atoms with E-state index in [0.717, 1.165) is 92.8 Å². The third kappa shape index (κ3) is 6.95. The molecule has 1 spiro atoms. The minimum absolute atomic E-state index is 0.246. The largest absolute Gasteiger partial charge is 0.479 e. The summed E-state index contributed by atoms with van der Waals surface area (Å²) in [5, 5.41) is 10.6. The van der Waals surface area contributed by atoms with Crippen LogP contribution in [0.25, 0.3) is 11.1 Å². The number of rotatable bonds is 7. The number of aryl methyl sites for hydroxylation is 2. The molecule has 5 heterocycles. The summed E-state index contributed by atoms with van der Waals surface area (Å²) < 4.78 is 6.29. The zero-order valence-corrected chi connectivity index (χ0v) is 31.3. The van der Waals surface area contributed by atoms with Crippen molar-refractivity contribution in [3.63, 3.8) is 0 Å². The number of piperidine rings is 2. The summed E-state index contributed by atoms with van der Waals surface area (Å²) in [5.41, 5.74) is 8.15. The van der Waals surface area contributed by atoms with Gasteiger partial charge in [0.2, 0.25) is 5.95 Å². The van der Waals surface area contributed by atoms with Crippen LogP contribution >= 0.6 is 0 Å². The van der Waals surface area contributed by atoms with Gasteiger partial charge in [0.15, 0.2) is 6.10 Å². The van der Waals surface area contributed by atoms with Crippen molar-refractivity contribution < 1.29 is 14.6 Å². The van der Waals surface area contributed by atoms with Gasteiger partial charge in [-0.05, 0) is 113 Å². The fraction of sp³-hybridized carbons (Fsp3) is 0.610. The van der Waals surface area contributed by atoms with Gasteiger partial charge >= 0.3 is 5.97 Å². The lowest BCUT2D eigenvalue weighted by Gasteiger charge is -2.48. The van der Waals surface area contributed by atoms with E-state index in [4.69, 9.17) is 19.7 Å². The van der Waals surface area contributed by atoms with E-state index < -0.39 is 17.7 Å². The molecule has 1 N–H and O–H groups in total. The Labute approximate surface area is 298 Å². The molecule has 1 atom stereocenters. The van der Waals surface area contributed by atoms with Crippen molar-refractivity contribution >= 4 is 23.4 Å². The van der Waals surface area contributed by atoms with Gasteiger partial charge in [-0.15, -0.1) is 0 Å². The van der Waals surface area contributed by atoms with E-state index >= 15 is 0 Å². The molecule has 0 bridgehead atoms. The van der Waals surface area contributed by atoms with Gasteiger partial charge in [-0.25, -0.2) is 9.78 Å². The third-order valence-electron chi connectivity index (χ3n) is 12.0. The molecular weight excluding hydrogens is 624 g/mol.